The van der Waals surface area contributed by atoms with E-state index in [-0.39, 0.29) is 6.54 Å². The van der Waals surface area contributed by atoms with Gasteiger partial charge in [0.1, 0.15) is 5.75 Å². The largest absolute Gasteiger partial charge is 0.497 e. The number of nitrogens with two attached hydrogens (primary N) is 1. The maximum atomic E-state index is 5.39. The van der Waals surface area contributed by atoms with Crippen LogP contribution in [0.25, 0.3) is 0 Å². The van der Waals surface area contributed by atoms with Crippen LogP contribution < -0.4 is 10.5 Å². The number of methoxy groups -OCH3 is 1. The first-order valence-electron chi connectivity index (χ1n) is 4.96. The van der Waals surface area contributed by atoms with E-state index in [0.29, 0.717) is 18.1 Å². The molecule has 0 unspecified atom stereocenters. The van der Waals surface area contributed by atoms with Gasteiger partial charge in [-0.15, -0.1) is 0 Å². The van der Waals surface area contributed by atoms with Crippen molar-refractivity contribution in [2.24, 2.45) is 5.73 Å². The number of rotatable bonds is 4. The molecular weight excluding hydrogens is 206 g/mol. The first kappa shape index (κ1) is 10.6. The molecule has 0 amide bonds. The lowest BCUT2D eigenvalue weighted by Gasteiger charge is -2.01. The number of hydrogen-bond acceptors (Lipinski definition) is 5. The molecule has 16 heavy (non-hydrogen) atoms. The van der Waals surface area contributed by atoms with Crippen molar-refractivity contribution in [2.45, 2.75) is 13.0 Å². The minimum atomic E-state index is 0.269. The van der Waals surface area contributed by atoms with Crippen molar-refractivity contribution >= 4 is 0 Å². The third kappa shape index (κ3) is 2.38. The van der Waals surface area contributed by atoms with Gasteiger partial charge < -0.3 is 15.0 Å². The van der Waals surface area contributed by atoms with E-state index < -0.39 is 0 Å². The fourth-order valence-electron chi connectivity index (χ4n) is 1.41. The fourth-order valence-corrected chi connectivity index (χ4v) is 1.41. The van der Waals surface area contributed by atoms with Crippen LogP contribution >= 0.6 is 0 Å². The molecule has 0 spiro atoms. The van der Waals surface area contributed by atoms with E-state index in [0.717, 1.165) is 11.3 Å². The second kappa shape index (κ2) is 4.76. The van der Waals surface area contributed by atoms with Crippen LogP contribution in [-0.2, 0) is 13.0 Å². The van der Waals surface area contributed by atoms with E-state index in [1.165, 1.54) is 0 Å². The van der Waals surface area contributed by atoms with Crippen molar-refractivity contribution in [2.75, 3.05) is 7.11 Å². The van der Waals surface area contributed by atoms with Gasteiger partial charge in [0, 0.05) is 6.42 Å². The van der Waals surface area contributed by atoms with E-state index >= 15 is 0 Å². The first-order chi connectivity index (χ1) is 7.81. The summed E-state index contributed by atoms with van der Waals surface area (Å²) in [5, 5.41) is 3.83. The van der Waals surface area contributed by atoms with Crippen LogP contribution in [0, 0.1) is 0 Å². The molecule has 0 aliphatic heterocycles. The zero-order chi connectivity index (χ0) is 11.4. The van der Waals surface area contributed by atoms with Crippen molar-refractivity contribution in [3.05, 3.63) is 41.5 Å². The summed E-state index contributed by atoms with van der Waals surface area (Å²) in [5.74, 6) is 1.91. The van der Waals surface area contributed by atoms with Crippen molar-refractivity contribution in [3.63, 3.8) is 0 Å². The Labute approximate surface area is 93.2 Å². The molecule has 2 rings (SSSR count). The molecule has 5 nitrogen and oxygen atoms in total. The monoisotopic (exact) mass is 219 g/mol. The predicted molar refractivity (Wildman–Crippen MR) is 58.0 cm³/mol. The minimum absolute atomic E-state index is 0.269. The molecule has 2 N–H and O–H groups in total. The van der Waals surface area contributed by atoms with Crippen molar-refractivity contribution in [1.82, 2.24) is 10.1 Å². The molecule has 84 valence electrons. The normalized spacial score (nSPS) is 10.4. The van der Waals surface area contributed by atoms with Crippen molar-refractivity contribution in [3.8, 4) is 5.75 Å². The molecule has 1 aromatic heterocycles. The fraction of sp³-hybridized carbons (Fsp3) is 0.273. The van der Waals surface area contributed by atoms with Gasteiger partial charge in [-0.25, -0.2) is 0 Å². The van der Waals surface area contributed by atoms with Gasteiger partial charge in [-0.3, -0.25) is 0 Å². The molecule has 0 fully saturated rings. The predicted octanol–water partition coefficient (Wildman–Crippen LogP) is 1.13. The Bertz CT molecular complexity index is 468. The summed E-state index contributed by atoms with van der Waals surface area (Å²) in [6.07, 6.45) is 0.612. The summed E-state index contributed by atoms with van der Waals surface area (Å²) in [7, 11) is 1.64. The topological polar surface area (TPSA) is 74.2 Å². The van der Waals surface area contributed by atoms with Gasteiger partial charge in [-0.05, 0) is 17.7 Å². The van der Waals surface area contributed by atoms with E-state index in [2.05, 4.69) is 10.1 Å². The van der Waals surface area contributed by atoms with Crippen LogP contribution in [0.1, 0.15) is 17.3 Å². The highest BCUT2D eigenvalue weighted by molar-refractivity contribution is 5.29. The number of hydrogen-bond donors (Lipinski definition) is 1. The molecule has 0 atom stereocenters. The molecule has 0 aliphatic rings. The molecule has 1 aromatic carbocycles. The SMILES string of the molecule is COc1cccc(Cc2noc(CN)n2)c1. The van der Waals surface area contributed by atoms with Gasteiger partial charge in [0.2, 0.25) is 5.89 Å². The second-order valence-corrected chi connectivity index (χ2v) is 3.34. The van der Waals surface area contributed by atoms with Gasteiger partial charge in [0.05, 0.1) is 13.7 Å². The second-order valence-electron chi connectivity index (χ2n) is 3.34. The number of benzene rings is 1. The van der Waals surface area contributed by atoms with Crippen LogP contribution in [0.15, 0.2) is 28.8 Å². The lowest BCUT2D eigenvalue weighted by molar-refractivity contribution is 0.375. The zero-order valence-corrected chi connectivity index (χ0v) is 9.01. The van der Waals surface area contributed by atoms with Crippen LogP contribution in [0.4, 0.5) is 0 Å². The van der Waals surface area contributed by atoms with Crippen LogP contribution in [0.5, 0.6) is 5.75 Å². The van der Waals surface area contributed by atoms with E-state index in [1.54, 1.807) is 7.11 Å². The maximum absolute atomic E-state index is 5.39. The van der Waals surface area contributed by atoms with Gasteiger partial charge in [-0.1, -0.05) is 17.3 Å². The number of ether oxygens (including phenoxy) is 1. The minimum Gasteiger partial charge on any atom is -0.497 e. The summed E-state index contributed by atoms with van der Waals surface area (Å²) < 4.78 is 10.1. The summed E-state index contributed by atoms with van der Waals surface area (Å²) in [6.45, 7) is 0.269. The summed E-state index contributed by atoms with van der Waals surface area (Å²) in [6, 6.07) is 7.75. The number of aromatic nitrogens is 2. The van der Waals surface area contributed by atoms with Gasteiger partial charge in [-0.2, -0.15) is 4.98 Å². The quantitative estimate of drug-likeness (QED) is 0.834. The highest BCUT2D eigenvalue weighted by Gasteiger charge is 2.05. The van der Waals surface area contributed by atoms with Gasteiger partial charge >= 0.3 is 0 Å². The maximum Gasteiger partial charge on any atom is 0.240 e. The lowest BCUT2D eigenvalue weighted by atomic mass is 10.1. The van der Waals surface area contributed by atoms with Crippen LogP contribution in [-0.4, -0.2) is 17.3 Å². The molecule has 0 aliphatic carbocycles. The van der Waals surface area contributed by atoms with E-state index in [1.807, 2.05) is 24.3 Å². The van der Waals surface area contributed by atoms with Crippen molar-refractivity contribution < 1.29 is 9.26 Å². The molecular formula is C11H13N3O2. The highest BCUT2D eigenvalue weighted by atomic mass is 16.5. The first-order valence-corrected chi connectivity index (χ1v) is 4.96. The van der Waals surface area contributed by atoms with E-state index in [4.69, 9.17) is 15.0 Å². The number of nitrogens with zero attached hydrogens (tertiary/aromatic N) is 2. The highest BCUT2D eigenvalue weighted by Crippen LogP contribution is 2.14. The standard InChI is InChI=1S/C11H13N3O2/c1-15-9-4-2-3-8(5-9)6-10-13-11(7-12)16-14-10/h2-5H,6-7,12H2,1H3. The molecule has 0 saturated carbocycles. The zero-order valence-electron chi connectivity index (χ0n) is 9.01. The molecule has 0 bridgehead atoms. The molecule has 5 heteroatoms. The lowest BCUT2D eigenvalue weighted by Crippen LogP contribution is -1.97. The average molecular weight is 219 g/mol. The van der Waals surface area contributed by atoms with E-state index in [9.17, 15) is 0 Å². The third-order valence-corrected chi connectivity index (χ3v) is 2.18. The molecule has 0 saturated heterocycles. The van der Waals surface area contributed by atoms with Crippen LogP contribution in [0.3, 0.4) is 0 Å². The average Bonchev–Trinajstić information content (AvgIpc) is 2.77. The Morgan fingerprint density at radius 3 is 3.00 bits per heavy atom. The summed E-state index contributed by atoms with van der Waals surface area (Å²) in [5.41, 5.74) is 6.46. The third-order valence-electron chi connectivity index (χ3n) is 2.18. The van der Waals surface area contributed by atoms with Crippen molar-refractivity contribution in [1.29, 1.82) is 0 Å². The Morgan fingerprint density at radius 2 is 2.31 bits per heavy atom. The smallest absolute Gasteiger partial charge is 0.240 e. The van der Waals surface area contributed by atoms with Gasteiger partial charge in [0.25, 0.3) is 0 Å². The summed E-state index contributed by atoms with van der Waals surface area (Å²) >= 11 is 0. The summed E-state index contributed by atoms with van der Waals surface area (Å²) in [4.78, 5) is 4.14. The Balaban J connectivity index is 2.13. The van der Waals surface area contributed by atoms with Crippen LogP contribution in [0.2, 0.25) is 0 Å². The Morgan fingerprint density at radius 1 is 1.44 bits per heavy atom. The molecule has 1 heterocycles. The Hall–Kier alpha value is -1.88. The molecule has 0 radical (unpaired) electrons. The molecule has 2 aromatic rings. The Kier molecular flexibility index (Phi) is 3.16. The van der Waals surface area contributed by atoms with Gasteiger partial charge in [0.15, 0.2) is 5.82 Å².